The fraction of sp³-hybridized carbons (Fsp3) is 0.500. The summed E-state index contributed by atoms with van der Waals surface area (Å²) in [5.74, 6) is 0. The average molecular weight is 190 g/mol. The van der Waals surface area contributed by atoms with Crippen molar-refractivity contribution in [3.05, 3.63) is 29.3 Å². The first-order valence-corrected chi connectivity index (χ1v) is 5.35. The molecular formula is C12H18N2. The number of fused-ring (bicyclic) bond motifs is 1. The maximum atomic E-state index is 6.12. The molecule has 2 atom stereocenters. The van der Waals surface area contributed by atoms with Gasteiger partial charge in [-0.05, 0) is 37.0 Å². The molecule has 0 saturated carbocycles. The fourth-order valence-electron chi connectivity index (χ4n) is 2.10. The molecule has 1 aliphatic heterocycles. The first kappa shape index (κ1) is 9.53. The molecule has 0 aliphatic carbocycles. The molecule has 1 aromatic rings. The normalized spacial score (nSPS) is 25.4. The van der Waals surface area contributed by atoms with E-state index in [-0.39, 0.29) is 6.04 Å². The zero-order valence-electron chi connectivity index (χ0n) is 8.88. The molecule has 3 N–H and O–H groups in total. The zero-order chi connectivity index (χ0) is 10.1. The van der Waals surface area contributed by atoms with Crippen molar-refractivity contribution in [2.24, 2.45) is 5.73 Å². The van der Waals surface area contributed by atoms with Crippen molar-refractivity contribution in [1.82, 2.24) is 0 Å². The summed E-state index contributed by atoms with van der Waals surface area (Å²) in [6.45, 7) is 4.35. The van der Waals surface area contributed by atoms with Crippen LogP contribution in [0.15, 0.2) is 18.2 Å². The Balaban J connectivity index is 2.39. The molecule has 1 aromatic carbocycles. The van der Waals surface area contributed by atoms with Gasteiger partial charge in [0.25, 0.3) is 0 Å². The number of hydrogen-bond acceptors (Lipinski definition) is 2. The van der Waals surface area contributed by atoms with Crippen LogP contribution in [0.4, 0.5) is 5.69 Å². The monoisotopic (exact) mass is 190 g/mol. The third-order valence-corrected chi connectivity index (χ3v) is 2.93. The molecule has 14 heavy (non-hydrogen) atoms. The molecule has 2 nitrogen and oxygen atoms in total. The number of nitrogens with two attached hydrogens (primary N) is 1. The number of anilines is 1. The van der Waals surface area contributed by atoms with Crippen molar-refractivity contribution in [1.29, 1.82) is 0 Å². The topological polar surface area (TPSA) is 38.0 Å². The minimum Gasteiger partial charge on any atom is -0.382 e. The van der Waals surface area contributed by atoms with E-state index in [2.05, 4.69) is 37.4 Å². The van der Waals surface area contributed by atoms with E-state index >= 15 is 0 Å². The van der Waals surface area contributed by atoms with Gasteiger partial charge >= 0.3 is 0 Å². The summed E-state index contributed by atoms with van der Waals surface area (Å²) in [4.78, 5) is 0. The summed E-state index contributed by atoms with van der Waals surface area (Å²) in [5.41, 5.74) is 9.99. The molecule has 2 heteroatoms. The molecule has 0 radical (unpaired) electrons. The third-order valence-electron chi connectivity index (χ3n) is 2.93. The summed E-state index contributed by atoms with van der Waals surface area (Å²) in [7, 11) is 0. The van der Waals surface area contributed by atoms with Crippen LogP contribution < -0.4 is 11.1 Å². The molecule has 0 fully saturated rings. The van der Waals surface area contributed by atoms with Crippen LogP contribution in [-0.2, 0) is 6.42 Å². The molecule has 0 aromatic heterocycles. The lowest BCUT2D eigenvalue weighted by atomic mass is 9.92. The van der Waals surface area contributed by atoms with Crippen LogP contribution >= 0.6 is 0 Å². The van der Waals surface area contributed by atoms with Gasteiger partial charge in [0.05, 0.1) is 0 Å². The minimum atomic E-state index is 0.202. The van der Waals surface area contributed by atoms with Crippen molar-refractivity contribution < 1.29 is 0 Å². The van der Waals surface area contributed by atoms with Crippen LogP contribution in [0.3, 0.4) is 0 Å². The summed E-state index contributed by atoms with van der Waals surface area (Å²) in [6.07, 6.45) is 2.11. The van der Waals surface area contributed by atoms with E-state index in [1.807, 2.05) is 0 Å². The molecule has 0 spiro atoms. The van der Waals surface area contributed by atoms with E-state index in [1.54, 1.807) is 0 Å². The highest BCUT2D eigenvalue weighted by atomic mass is 14.9. The predicted octanol–water partition coefficient (Wildman–Crippen LogP) is 2.45. The third kappa shape index (κ3) is 1.62. The smallest absolute Gasteiger partial charge is 0.0390 e. The van der Waals surface area contributed by atoms with E-state index in [1.165, 1.54) is 16.8 Å². The summed E-state index contributed by atoms with van der Waals surface area (Å²) in [5, 5.41) is 3.46. The van der Waals surface area contributed by atoms with Gasteiger partial charge in [0.15, 0.2) is 0 Å². The summed E-state index contributed by atoms with van der Waals surface area (Å²) < 4.78 is 0. The highest BCUT2D eigenvalue weighted by molar-refractivity contribution is 5.56. The predicted molar refractivity (Wildman–Crippen MR) is 60.5 cm³/mol. The van der Waals surface area contributed by atoms with Crippen molar-refractivity contribution in [2.45, 2.75) is 38.8 Å². The van der Waals surface area contributed by atoms with Crippen molar-refractivity contribution in [3.63, 3.8) is 0 Å². The van der Waals surface area contributed by atoms with Crippen LogP contribution in [0.5, 0.6) is 0 Å². The molecule has 76 valence electrons. The quantitative estimate of drug-likeness (QED) is 0.714. The number of benzene rings is 1. The maximum absolute atomic E-state index is 6.12. The SMILES string of the molecule is CCc1ccc2c(c1)C(N)CC(C)N2. The average Bonchev–Trinajstić information content (AvgIpc) is 2.17. The van der Waals surface area contributed by atoms with Crippen LogP contribution in [0.25, 0.3) is 0 Å². The molecular weight excluding hydrogens is 172 g/mol. The highest BCUT2D eigenvalue weighted by Gasteiger charge is 2.20. The number of nitrogens with one attached hydrogen (secondary N) is 1. The van der Waals surface area contributed by atoms with Crippen molar-refractivity contribution >= 4 is 5.69 Å². The van der Waals surface area contributed by atoms with Crippen LogP contribution in [0.2, 0.25) is 0 Å². The van der Waals surface area contributed by atoms with Gasteiger partial charge in [-0.15, -0.1) is 0 Å². The van der Waals surface area contributed by atoms with Gasteiger partial charge < -0.3 is 11.1 Å². The molecule has 0 saturated heterocycles. The maximum Gasteiger partial charge on any atom is 0.0390 e. The Hall–Kier alpha value is -1.02. The summed E-state index contributed by atoms with van der Waals surface area (Å²) >= 11 is 0. The Kier molecular flexibility index (Phi) is 2.46. The zero-order valence-corrected chi connectivity index (χ0v) is 8.88. The Morgan fingerprint density at radius 2 is 2.29 bits per heavy atom. The summed E-state index contributed by atoms with van der Waals surface area (Å²) in [6, 6.07) is 7.26. The molecule has 2 unspecified atom stereocenters. The Morgan fingerprint density at radius 1 is 1.50 bits per heavy atom. The van der Waals surface area contributed by atoms with Gasteiger partial charge in [0, 0.05) is 17.8 Å². The van der Waals surface area contributed by atoms with Gasteiger partial charge in [-0.1, -0.05) is 19.1 Å². The molecule has 1 aliphatic rings. The van der Waals surface area contributed by atoms with Crippen molar-refractivity contribution in [3.8, 4) is 0 Å². The number of aryl methyl sites for hydroxylation is 1. The van der Waals surface area contributed by atoms with Gasteiger partial charge in [0.1, 0.15) is 0 Å². The Bertz CT molecular complexity index is 333. The van der Waals surface area contributed by atoms with Gasteiger partial charge in [-0.3, -0.25) is 0 Å². The molecule has 0 amide bonds. The van der Waals surface area contributed by atoms with Gasteiger partial charge in [-0.2, -0.15) is 0 Å². The lowest BCUT2D eigenvalue weighted by Gasteiger charge is -2.29. The van der Waals surface area contributed by atoms with Crippen molar-refractivity contribution in [2.75, 3.05) is 5.32 Å². The van der Waals surface area contributed by atoms with Gasteiger partial charge in [0.2, 0.25) is 0 Å². The largest absolute Gasteiger partial charge is 0.382 e. The number of hydrogen-bond donors (Lipinski definition) is 2. The number of rotatable bonds is 1. The second-order valence-corrected chi connectivity index (χ2v) is 4.16. The molecule has 2 rings (SSSR count). The second-order valence-electron chi connectivity index (χ2n) is 4.16. The lowest BCUT2D eigenvalue weighted by Crippen LogP contribution is -2.29. The van der Waals surface area contributed by atoms with Crippen LogP contribution in [0, 0.1) is 0 Å². The fourth-order valence-corrected chi connectivity index (χ4v) is 2.10. The minimum absolute atomic E-state index is 0.202. The molecule has 1 heterocycles. The lowest BCUT2D eigenvalue weighted by molar-refractivity contribution is 0.570. The van der Waals surface area contributed by atoms with Crippen LogP contribution in [0.1, 0.15) is 37.4 Å². The van der Waals surface area contributed by atoms with E-state index in [0.29, 0.717) is 6.04 Å². The second kappa shape index (κ2) is 3.62. The first-order chi connectivity index (χ1) is 6.70. The van der Waals surface area contributed by atoms with E-state index in [0.717, 1.165) is 12.8 Å². The van der Waals surface area contributed by atoms with E-state index in [4.69, 9.17) is 5.73 Å². The van der Waals surface area contributed by atoms with Crippen LogP contribution in [-0.4, -0.2) is 6.04 Å². The highest BCUT2D eigenvalue weighted by Crippen LogP contribution is 2.31. The first-order valence-electron chi connectivity index (χ1n) is 5.35. The van der Waals surface area contributed by atoms with Gasteiger partial charge in [-0.25, -0.2) is 0 Å². The standard InChI is InChI=1S/C12H18N2/c1-3-9-4-5-12-10(7-9)11(13)6-8(2)14-12/h4-5,7-8,11,14H,3,6,13H2,1-2H3. The molecule has 0 bridgehead atoms. The van der Waals surface area contributed by atoms with E-state index < -0.39 is 0 Å². The Labute approximate surface area is 85.5 Å². The van der Waals surface area contributed by atoms with E-state index in [9.17, 15) is 0 Å². The Morgan fingerprint density at radius 3 is 3.00 bits per heavy atom.